The van der Waals surface area contributed by atoms with E-state index in [-0.39, 0.29) is 30.0 Å². The van der Waals surface area contributed by atoms with Gasteiger partial charge in [0.2, 0.25) is 0 Å². The molecule has 1 aliphatic rings. The van der Waals surface area contributed by atoms with Crippen LogP contribution >= 0.6 is 0 Å². The molecule has 1 atom stereocenters. The fraction of sp³-hybridized carbons (Fsp3) is 0.353. The molecule has 1 aliphatic heterocycles. The Kier molecular flexibility index (Phi) is 5.69. The van der Waals surface area contributed by atoms with Crippen LogP contribution in [0.4, 0.5) is 18.9 Å². The second-order valence-corrected chi connectivity index (χ2v) is 5.36. The van der Waals surface area contributed by atoms with Gasteiger partial charge < -0.3 is 14.8 Å². The van der Waals surface area contributed by atoms with Gasteiger partial charge in [-0.05, 0) is 19.9 Å². The molecular formula is C17H16F3NO5. The molecule has 9 heteroatoms. The normalized spacial score (nSPS) is 16.8. The van der Waals surface area contributed by atoms with Crippen LogP contribution in [0.1, 0.15) is 25.0 Å². The van der Waals surface area contributed by atoms with Crippen molar-refractivity contribution in [2.75, 3.05) is 11.9 Å². The third-order valence-corrected chi connectivity index (χ3v) is 3.51. The van der Waals surface area contributed by atoms with Crippen LogP contribution in [0.3, 0.4) is 0 Å². The van der Waals surface area contributed by atoms with Gasteiger partial charge in [0.05, 0.1) is 12.3 Å². The van der Waals surface area contributed by atoms with E-state index in [0.717, 1.165) is 0 Å². The molecule has 1 aromatic carbocycles. The maximum atomic E-state index is 12.5. The monoisotopic (exact) mass is 371 g/mol. The summed E-state index contributed by atoms with van der Waals surface area (Å²) in [4.78, 5) is 35.2. The van der Waals surface area contributed by atoms with Crippen LogP contribution in [0, 0.1) is 0 Å². The Balaban J connectivity index is 2.45. The van der Waals surface area contributed by atoms with Crippen molar-refractivity contribution in [3.8, 4) is 5.75 Å². The Morgan fingerprint density at radius 1 is 1.38 bits per heavy atom. The Hall–Kier alpha value is -2.84. The molecule has 0 fully saturated rings. The molecule has 6 nitrogen and oxygen atoms in total. The van der Waals surface area contributed by atoms with Crippen LogP contribution in [0.5, 0.6) is 5.75 Å². The van der Waals surface area contributed by atoms with Gasteiger partial charge in [-0.3, -0.25) is 9.59 Å². The molecule has 26 heavy (non-hydrogen) atoms. The topological polar surface area (TPSA) is 81.7 Å². The number of ether oxygens (including phenoxy) is 2. The molecule has 1 unspecified atom stereocenters. The highest BCUT2D eigenvalue weighted by atomic mass is 19.4. The van der Waals surface area contributed by atoms with Gasteiger partial charge in [0, 0.05) is 17.5 Å². The van der Waals surface area contributed by atoms with E-state index in [1.54, 1.807) is 19.2 Å². The summed E-state index contributed by atoms with van der Waals surface area (Å²) >= 11 is 0. The van der Waals surface area contributed by atoms with Gasteiger partial charge in [-0.1, -0.05) is 18.2 Å². The molecule has 1 aromatic rings. The maximum absolute atomic E-state index is 12.5. The van der Waals surface area contributed by atoms with Crippen molar-refractivity contribution in [3.63, 3.8) is 0 Å². The van der Waals surface area contributed by atoms with Crippen molar-refractivity contribution in [2.45, 2.75) is 32.5 Å². The predicted molar refractivity (Wildman–Crippen MR) is 85.6 cm³/mol. The molecule has 0 radical (unpaired) electrons. The molecule has 1 heterocycles. The van der Waals surface area contributed by atoms with Crippen LogP contribution in [-0.2, 0) is 25.5 Å². The van der Waals surface area contributed by atoms with Crippen molar-refractivity contribution in [2.24, 2.45) is 0 Å². The molecule has 0 saturated heterocycles. The van der Waals surface area contributed by atoms with Crippen LogP contribution in [0.2, 0.25) is 0 Å². The van der Waals surface area contributed by atoms with Gasteiger partial charge in [0.15, 0.2) is 5.78 Å². The summed E-state index contributed by atoms with van der Waals surface area (Å²) in [6.45, 7) is 3.23. The molecular weight excluding hydrogens is 355 g/mol. The summed E-state index contributed by atoms with van der Waals surface area (Å²) in [6.07, 6.45) is -3.76. The molecule has 2 rings (SSSR count). The number of amides is 1. The zero-order valence-corrected chi connectivity index (χ0v) is 14.0. The number of halogens is 3. The first-order valence-electron chi connectivity index (χ1n) is 7.71. The van der Waals surface area contributed by atoms with Crippen molar-refractivity contribution >= 4 is 29.4 Å². The van der Waals surface area contributed by atoms with Gasteiger partial charge >= 0.3 is 18.1 Å². The van der Waals surface area contributed by atoms with Crippen molar-refractivity contribution in [1.29, 1.82) is 0 Å². The molecule has 140 valence electrons. The van der Waals surface area contributed by atoms with E-state index in [9.17, 15) is 27.6 Å². The van der Waals surface area contributed by atoms with E-state index < -0.39 is 29.9 Å². The summed E-state index contributed by atoms with van der Waals surface area (Å²) in [7, 11) is 0. The number of anilines is 1. The number of fused-ring (bicyclic) bond motifs is 1. The van der Waals surface area contributed by atoms with E-state index in [1.807, 2.05) is 0 Å². The number of carbonyl (C=O) groups excluding carboxylic acids is 3. The third-order valence-electron chi connectivity index (χ3n) is 3.51. The number of hydrogen-bond acceptors (Lipinski definition) is 5. The molecule has 1 N–H and O–H groups in total. The summed E-state index contributed by atoms with van der Waals surface area (Å²) in [6, 6.07) is 2.62. The van der Waals surface area contributed by atoms with Crippen molar-refractivity contribution < 1.29 is 37.0 Å². The Morgan fingerprint density at radius 2 is 2.08 bits per heavy atom. The lowest BCUT2D eigenvalue weighted by molar-refractivity contribution is -0.167. The predicted octanol–water partition coefficient (Wildman–Crippen LogP) is 2.66. The number of nitrogens with one attached hydrogen (secondary N) is 1. The summed E-state index contributed by atoms with van der Waals surface area (Å²) < 4.78 is 47.8. The minimum atomic E-state index is -5.06. The minimum Gasteiger partial charge on any atom is -0.470 e. The molecule has 0 spiro atoms. The molecule has 0 aliphatic carbocycles. The summed E-state index contributed by atoms with van der Waals surface area (Å²) in [5.74, 6) is -3.48. The fourth-order valence-corrected chi connectivity index (χ4v) is 2.42. The first kappa shape index (κ1) is 19.5. The van der Waals surface area contributed by atoms with Gasteiger partial charge in [-0.15, -0.1) is 0 Å². The van der Waals surface area contributed by atoms with Crippen LogP contribution in [-0.4, -0.2) is 36.5 Å². The second-order valence-electron chi connectivity index (χ2n) is 5.36. The number of carbonyl (C=O) groups is 3. The lowest BCUT2D eigenvalue weighted by atomic mass is 9.96. The highest BCUT2D eigenvalue weighted by molar-refractivity contribution is 6.05. The van der Waals surface area contributed by atoms with E-state index in [2.05, 4.69) is 0 Å². The van der Waals surface area contributed by atoms with Crippen molar-refractivity contribution in [1.82, 2.24) is 0 Å². The van der Waals surface area contributed by atoms with E-state index in [4.69, 9.17) is 9.47 Å². The minimum absolute atomic E-state index is 0.0439. The van der Waals surface area contributed by atoms with Crippen LogP contribution in [0.25, 0.3) is 6.08 Å². The molecule has 0 saturated carbocycles. The number of ketones is 1. The summed E-state index contributed by atoms with van der Waals surface area (Å²) in [5, 5.41) is 1.77. The first-order valence-corrected chi connectivity index (χ1v) is 7.71. The van der Waals surface area contributed by atoms with Crippen LogP contribution < -0.4 is 10.1 Å². The maximum Gasteiger partial charge on any atom is 0.471 e. The smallest absolute Gasteiger partial charge is 0.470 e. The number of hydrogen-bond donors (Lipinski definition) is 1. The van der Waals surface area contributed by atoms with Gasteiger partial charge in [0.1, 0.15) is 5.75 Å². The number of benzene rings is 1. The molecule has 1 amide bonds. The van der Waals surface area contributed by atoms with Gasteiger partial charge in [-0.25, -0.2) is 4.79 Å². The van der Waals surface area contributed by atoms with E-state index in [1.165, 1.54) is 24.3 Å². The highest BCUT2D eigenvalue weighted by Gasteiger charge is 2.40. The number of Topliss-reactive ketones (excluding diaryl/α,β-unsaturated/α-hetero) is 1. The molecule has 0 aromatic heterocycles. The first-order chi connectivity index (χ1) is 12.2. The van der Waals surface area contributed by atoms with E-state index in [0.29, 0.717) is 5.56 Å². The lowest BCUT2D eigenvalue weighted by Crippen LogP contribution is -2.41. The SMILES string of the molecule is CC=Cc1c(NC(=O)C(F)(F)F)ccc2c1OC(C(=O)OCC)C(=O)C2. The number of rotatable bonds is 4. The average Bonchev–Trinajstić information content (AvgIpc) is 2.55. The van der Waals surface area contributed by atoms with Gasteiger partial charge in [-0.2, -0.15) is 13.2 Å². The largest absolute Gasteiger partial charge is 0.471 e. The number of allylic oxidation sites excluding steroid dienone is 1. The number of esters is 1. The standard InChI is InChI=1S/C17H16F3NO5/c1-3-5-10-11(21-16(24)17(18,19)20)7-6-9-8-12(22)14(26-13(9)10)15(23)25-4-2/h3,5-7,14H,4,8H2,1-2H3,(H,21,24). The zero-order valence-electron chi connectivity index (χ0n) is 14.0. The average molecular weight is 371 g/mol. The van der Waals surface area contributed by atoms with Gasteiger partial charge in [0.25, 0.3) is 6.10 Å². The lowest BCUT2D eigenvalue weighted by Gasteiger charge is -2.26. The number of alkyl halides is 3. The summed E-state index contributed by atoms with van der Waals surface area (Å²) in [5.41, 5.74) is 0.374. The highest BCUT2D eigenvalue weighted by Crippen LogP contribution is 2.37. The molecule has 0 bridgehead atoms. The van der Waals surface area contributed by atoms with Crippen LogP contribution in [0.15, 0.2) is 18.2 Å². The fourth-order valence-electron chi connectivity index (χ4n) is 2.42. The second kappa shape index (κ2) is 7.59. The van der Waals surface area contributed by atoms with Crippen molar-refractivity contribution in [3.05, 3.63) is 29.3 Å². The quantitative estimate of drug-likeness (QED) is 0.650. The third kappa shape index (κ3) is 4.04. The Bertz CT molecular complexity index is 770. The van der Waals surface area contributed by atoms with E-state index >= 15 is 0 Å². The Morgan fingerprint density at radius 3 is 2.65 bits per heavy atom. The zero-order chi connectivity index (χ0) is 19.5. The Labute approximate surface area is 147 Å².